The van der Waals surface area contributed by atoms with Crippen LogP contribution in [-0.4, -0.2) is 24.2 Å². The van der Waals surface area contributed by atoms with E-state index in [1.54, 1.807) is 0 Å². The molecule has 1 aliphatic rings. The highest BCUT2D eigenvalue weighted by Crippen LogP contribution is 2.40. The van der Waals surface area contributed by atoms with Gasteiger partial charge in [-0.15, -0.1) is 0 Å². The Hall–Kier alpha value is -2.77. The molecule has 26 heavy (non-hydrogen) atoms. The van der Waals surface area contributed by atoms with Gasteiger partial charge in [0.25, 0.3) is 0 Å². The lowest BCUT2D eigenvalue weighted by atomic mass is 9.78. The van der Waals surface area contributed by atoms with Crippen molar-refractivity contribution in [1.29, 1.82) is 10.5 Å². The minimum absolute atomic E-state index is 0.0154. The Labute approximate surface area is 156 Å². The van der Waals surface area contributed by atoms with Gasteiger partial charge in [0.1, 0.15) is 5.92 Å². The number of amides is 1. The number of carbonyl (C=O) groups excluding carboxylic acids is 2. The second kappa shape index (κ2) is 9.07. The van der Waals surface area contributed by atoms with Crippen molar-refractivity contribution in [1.82, 2.24) is 5.32 Å². The molecule has 0 radical (unpaired) electrons. The van der Waals surface area contributed by atoms with E-state index in [0.717, 1.165) is 29.3 Å². The fourth-order valence-electron chi connectivity index (χ4n) is 2.74. The van der Waals surface area contributed by atoms with E-state index < -0.39 is 23.7 Å². The molecule has 1 N–H and O–H groups in total. The summed E-state index contributed by atoms with van der Waals surface area (Å²) in [6.45, 7) is 4.10. The molecule has 1 aliphatic heterocycles. The van der Waals surface area contributed by atoms with Crippen molar-refractivity contribution in [2.24, 2.45) is 5.92 Å². The fourth-order valence-corrected chi connectivity index (χ4v) is 3.59. The maximum absolute atomic E-state index is 12.4. The van der Waals surface area contributed by atoms with Gasteiger partial charge in [0.15, 0.2) is 0 Å². The van der Waals surface area contributed by atoms with Gasteiger partial charge < -0.3 is 10.1 Å². The van der Waals surface area contributed by atoms with Crippen LogP contribution in [0.3, 0.4) is 0 Å². The van der Waals surface area contributed by atoms with Gasteiger partial charge >= 0.3 is 5.97 Å². The standard InChI is InChI=1S/C19H19N3O3S/c1-3-8-25-16(23)11-26-19-15(10-21)17(14(9-20)18(24)22-19)13-7-5-4-6-12(13)2/h4-7,14,17H,3,8,11H2,1-2H3,(H,22,24). The number of esters is 1. The van der Waals surface area contributed by atoms with Gasteiger partial charge in [0.2, 0.25) is 5.91 Å². The summed E-state index contributed by atoms with van der Waals surface area (Å²) in [4.78, 5) is 24.1. The minimum Gasteiger partial charge on any atom is -0.465 e. The molecule has 0 aromatic heterocycles. The monoisotopic (exact) mass is 369 g/mol. The number of aryl methyl sites for hydroxylation is 1. The van der Waals surface area contributed by atoms with Crippen LogP contribution in [0.2, 0.25) is 0 Å². The van der Waals surface area contributed by atoms with E-state index in [2.05, 4.69) is 11.4 Å². The van der Waals surface area contributed by atoms with Crippen molar-refractivity contribution in [2.75, 3.05) is 12.4 Å². The van der Waals surface area contributed by atoms with Crippen LogP contribution < -0.4 is 5.32 Å². The van der Waals surface area contributed by atoms with E-state index in [4.69, 9.17) is 4.74 Å². The average molecular weight is 369 g/mol. The molecule has 2 rings (SSSR count). The van der Waals surface area contributed by atoms with E-state index in [9.17, 15) is 20.1 Å². The number of hydrogen-bond donors (Lipinski definition) is 1. The summed E-state index contributed by atoms with van der Waals surface area (Å²) in [6.07, 6.45) is 0.721. The third-order valence-electron chi connectivity index (χ3n) is 3.99. The normalized spacial score (nSPS) is 19.3. The Bertz CT molecular complexity index is 820. The third-order valence-corrected chi connectivity index (χ3v) is 4.98. The summed E-state index contributed by atoms with van der Waals surface area (Å²) in [6, 6.07) is 11.5. The topological polar surface area (TPSA) is 103 Å². The first kappa shape index (κ1) is 19.6. The van der Waals surface area contributed by atoms with Gasteiger partial charge in [-0.1, -0.05) is 43.0 Å². The molecule has 134 valence electrons. The third kappa shape index (κ3) is 4.25. The van der Waals surface area contributed by atoms with Crippen LogP contribution in [0.4, 0.5) is 0 Å². The summed E-state index contributed by atoms with van der Waals surface area (Å²) >= 11 is 1.05. The largest absolute Gasteiger partial charge is 0.465 e. The minimum atomic E-state index is -0.998. The summed E-state index contributed by atoms with van der Waals surface area (Å²) in [5.41, 5.74) is 1.95. The van der Waals surface area contributed by atoms with Gasteiger partial charge in [0, 0.05) is 5.92 Å². The Morgan fingerprint density at radius 2 is 2.08 bits per heavy atom. The van der Waals surface area contributed by atoms with Gasteiger partial charge in [-0.05, 0) is 24.5 Å². The molecule has 0 spiro atoms. The molecule has 6 nitrogen and oxygen atoms in total. The van der Waals surface area contributed by atoms with E-state index in [1.807, 2.05) is 44.2 Å². The Kier molecular flexibility index (Phi) is 6.82. The zero-order valence-corrected chi connectivity index (χ0v) is 15.4. The number of nitrogens with one attached hydrogen (secondary N) is 1. The van der Waals surface area contributed by atoms with Crippen molar-refractivity contribution >= 4 is 23.6 Å². The fraction of sp³-hybridized carbons (Fsp3) is 0.368. The van der Waals surface area contributed by atoms with Crippen LogP contribution in [0.1, 0.15) is 30.4 Å². The predicted octanol–water partition coefficient (Wildman–Crippen LogP) is 2.77. The Morgan fingerprint density at radius 1 is 1.35 bits per heavy atom. The van der Waals surface area contributed by atoms with Gasteiger partial charge in [-0.2, -0.15) is 10.5 Å². The van der Waals surface area contributed by atoms with Gasteiger partial charge in [-0.25, -0.2) is 0 Å². The lowest BCUT2D eigenvalue weighted by molar-refractivity contribution is -0.140. The van der Waals surface area contributed by atoms with E-state index in [-0.39, 0.29) is 5.75 Å². The lowest BCUT2D eigenvalue weighted by Gasteiger charge is -2.29. The SMILES string of the molecule is CCCOC(=O)CSC1=C(C#N)C(c2ccccc2C)C(C#N)C(=O)N1. The molecule has 2 atom stereocenters. The quantitative estimate of drug-likeness (QED) is 0.774. The number of rotatable bonds is 6. The molecular formula is C19H19N3O3S. The molecule has 0 aliphatic carbocycles. The number of hydrogen-bond acceptors (Lipinski definition) is 6. The van der Waals surface area contributed by atoms with Gasteiger partial charge in [-0.3, -0.25) is 9.59 Å². The van der Waals surface area contributed by atoms with Crippen molar-refractivity contribution in [3.05, 3.63) is 46.0 Å². The molecule has 0 bridgehead atoms. The van der Waals surface area contributed by atoms with Gasteiger partial charge in [0.05, 0.1) is 35.1 Å². The molecule has 0 saturated carbocycles. The van der Waals surface area contributed by atoms with E-state index in [1.165, 1.54) is 0 Å². The number of ether oxygens (including phenoxy) is 1. The molecular weight excluding hydrogens is 350 g/mol. The second-order valence-electron chi connectivity index (χ2n) is 5.79. The summed E-state index contributed by atoms with van der Waals surface area (Å²) < 4.78 is 5.02. The zero-order chi connectivity index (χ0) is 19.1. The molecule has 1 aromatic carbocycles. The summed E-state index contributed by atoms with van der Waals surface area (Å²) in [7, 11) is 0. The van der Waals surface area contributed by atoms with Crippen LogP contribution in [-0.2, 0) is 14.3 Å². The summed E-state index contributed by atoms with van der Waals surface area (Å²) in [5, 5.41) is 22.1. The zero-order valence-electron chi connectivity index (χ0n) is 14.6. The number of nitriles is 2. The van der Waals surface area contributed by atoms with E-state index >= 15 is 0 Å². The van der Waals surface area contributed by atoms with Crippen molar-refractivity contribution in [2.45, 2.75) is 26.2 Å². The molecule has 1 amide bonds. The lowest BCUT2D eigenvalue weighted by Crippen LogP contribution is -2.39. The second-order valence-corrected chi connectivity index (χ2v) is 6.78. The molecule has 0 fully saturated rings. The maximum atomic E-state index is 12.4. The number of thioether (sulfide) groups is 1. The van der Waals surface area contributed by atoms with Crippen LogP contribution in [0.25, 0.3) is 0 Å². The smallest absolute Gasteiger partial charge is 0.316 e. The van der Waals surface area contributed by atoms with Crippen LogP contribution in [0, 0.1) is 35.5 Å². The maximum Gasteiger partial charge on any atom is 0.316 e. The van der Waals surface area contributed by atoms with Crippen molar-refractivity contribution < 1.29 is 14.3 Å². The number of benzene rings is 1. The summed E-state index contributed by atoms with van der Waals surface area (Å²) in [5.74, 6) is -2.55. The van der Waals surface area contributed by atoms with E-state index in [0.29, 0.717) is 17.2 Å². The predicted molar refractivity (Wildman–Crippen MR) is 97.5 cm³/mol. The first-order valence-corrected chi connectivity index (χ1v) is 9.20. The number of allylic oxidation sites excluding steroid dienone is 1. The van der Waals surface area contributed by atoms with Crippen LogP contribution >= 0.6 is 11.8 Å². The molecule has 0 saturated heterocycles. The first-order chi connectivity index (χ1) is 12.5. The Morgan fingerprint density at radius 3 is 2.69 bits per heavy atom. The molecule has 2 unspecified atom stereocenters. The molecule has 1 heterocycles. The van der Waals surface area contributed by atoms with Crippen molar-refractivity contribution in [3.8, 4) is 12.1 Å². The highest BCUT2D eigenvalue weighted by molar-refractivity contribution is 8.03. The molecule has 7 heteroatoms. The highest BCUT2D eigenvalue weighted by atomic mass is 32.2. The van der Waals surface area contributed by atoms with Crippen LogP contribution in [0.5, 0.6) is 0 Å². The number of nitrogens with zero attached hydrogens (tertiary/aromatic N) is 2. The first-order valence-electron chi connectivity index (χ1n) is 8.22. The Balaban J connectivity index is 2.38. The van der Waals surface area contributed by atoms with Crippen LogP contribution in [0.15, 0.2) is 34.9 Å². The number of carbonyl (C=O) groups is 2. The van der Waals surface area contributed by atoms with Crippen molar-refractivity contribution in [3.63, 3.8) is 0 Å². The average Bonchev–Trinajstić information content (AvgIpc) is 2.64. The highest BCUT2D eigenvalue weighted by Gasteiger charge is 2.40. The molecule has 1 aromatic rings.